The van der Waals surface area contributed by atoms with Crippen LogP contribution in [0.1, 0.15) is 18.7 Å². The van der Waals surface area contributed by atoms with E-state index in [2.05, 4.69) is 23.3 Å². The van der Waals surface area contributed by atoms with Gasteiger partial charge in [-0.3, -0.25) is 0 Å². The van der Waals surface area contributed by atoms with Crippen molar-refractivity contribution >= 4 is 0 Å². The van der Waals surface area contributed by atoms with Gasteiger partial charge in [0.15, 0.2) is 0 Å². The van der Waals surface area contributed by atoms with Crippen LogP contribution in [-0.2, 0) is 0 Å². The van der Waals surface area contributed by atoms with Crippen LogP contribution in [0.5, 0.6) is 0 Å². The zero-order chi connectivity index (χ0) is 6.69. The fourth-order valence-electron chi connectivity index (χ4n) is 0.769. The largest absolute Gasteiger partial charge is 0.364 e. The van der Waals surface area contributed by atoms with Gasteiger partial charge in [-0.25, -0.2) is 0 Å². The average Bonchev–Trinajstić information content (AvgIpc) is 2.37. The third-order valence-corrected chi connectivity index (χ3v) is 1.52. The van der Waals surface area contributed by atoms with Gasteiger partial charge in [-0.05, 0) is 26.1 Å². The van der Waals surface area contributed by atoms with E-state index in [0.29, 0.717) is 6.04 Å². The molecule has 9 heavy (non-hydrogen) atoms. The molecule has 2 nitrogen and oxygen atoms in total. The minimum atomic E-state index is 0.431. The van der Waals surface area contributed by atoms with Crippen LogP contribution in [0.25, 0.3) is 0 Å². The first kappa shape index (κ1) is 6.36. The molecular formula is C7H12N2. The van der Waals surface area contributed by atoms with Crippen LogP contribution >= 0.6 is 0 Å². The number of rotatable bonds is 2. The fourth-order valence-corrected chi connectivity index (χ4v) is 0.769. The van der Waals surface area contributed by atoms with Crippen LogP contribution in [0.4, 0.5) is 0 Å². The van der Waals surface area contributed by atoms with Gasteiger partial charge < -0.3 is 10.3 Å². The first-order valence-electron chi connectivity index (χ1n) is 3.15. The van der Waals surface area contributed by atoms with Crippen molar-refractivity contribution in [3.8, 4) is 0 Å². The molecule has 0 aliphatic carbocycles. The van der Waals surface area contributed by atoms with E-state index in [0.717, 1.165) is 0 Å². The predicted molar refractivity (Wildman–Crippen MR) is 38.3 cm³/mol. The Bertz CT molecular complexity index is 155. The molecule has 1 heterocycles. The predicted octanol–water partition coefficient (Wildman–Crippen LogP) is 1.30. The minimum absolute atomic E-state index is 0.431. The van der Waals surface area contributed by atoms with E-state index in [1.54, 1.807) is 0 Å². The molecule has 0 aliphatic heterocycles. The summed E-state index contributed by atoms with van der Waals surface area (Å²) < 4.78 is 0. The van der Waals surface area contributed by atoms with Crippen LogP contribution in [0.2, 0.25) is 0 Å². The van der Waals surface area contributed by atoms with Crippen molar-refractivity contribution < 1.29 is 0 Å². The van der Waals surface area contributed by atoms with Crippen molar-refractivity contribution in [3.63, 3.8) is 0 Å². The van der Waals surface area contributed by atoms with Crippen molar-refractivity contribution in [2.75, 3.05) is 7.05 Å². The lowest BCUT2D eigenvalue weighted by Crippen LogP contribution is -2.12. The molecule has 2 heteroatoms. The number of hydrogen-bond acceptors (Lipinski definition) is 1. The van der Waals surface area contributed by atoms with Gasteiger partial charge in [0.05, 0.1) is 0 Å². The number of H-pyrrole nitrogens is 1. The maximum Gasteiger partial charge on any atom is 0.0441 e. The summed E-state index contributed by atoms with van der Waals surface area (Å²) in [6, 6.07) is 4.50. The molecule has 50 valence electrons. The summed E-state index contributed by atoms with van der Waals surface area (Å²) in [4.78, 5) is 3.13. The zero-order valence-electron chi connectivity index (χ0n) is 5.81. The molecule has 0 aliphatic rings. The second-order valence-corrected chi connectivity index (χ2v) is 2.14. The molecule has 0 saturated carbocycles. The second-order valence-electron chi connectivity index (χ2n) is 2.14. The summed E-state index contributed by atoms with van der Waals surface area (Å²) in [5, 5.41) is 3.14. The minimum Gasteiger partial charge on any atom is -0.364 e. The average molecular weight is 124 g/mol. The molecule has 1 aromatic heterocycles. The maximum atomic E-state index is 3.14. The standard InChI is InChI=1S/C7H12N2/c1-6(8-2)7-4-3-5-9-7/h3-6,8-9H,1-2H3. The first-order valence-corrected chi connectivity index (χ1v) is 3.15. The Morgan fingerprint density at radius 2 is 2.44 bits per heavy atom. The van der Waals surface area contributed by atoms with Gasteiger partial charge in [-0.15, -0.1) is 0 Å². The molecule has 0 bridgehead atoms. The summed E-state index contributed by atoms with van der Waals surface area (Å²) in [6.45, 7) is 2.12. The molecule has 0 radical (unpaired) electrons. The Balaban J connectivity index is 2.65. The van der Waals surface area contributed by atoms with Gasteiger partial charge in [-0.1, -0.05) is 0 Å². The van der Waals surface area contributed by atoms with E-state index in [-0.39, 0.29) is 0 Å². The molecule has 0 amide bonds. The van der Waals surface area contributed by atoms with E-state index < -0.39 is 0 Å². The van der Waals surface area contributed by atoms with Crippen LogP contribution in [-0.4, -0.2) is 12.0 Å². The number of aromatic nitrogens is 1. The Hall–Kier alpha value is -0.760. The highest BCUT2D eigenvalue weighted by molar-refractivity contribution is 5.07. The van der Waals surface area contributed by atoms with Crippen molar-refractivity contribution in [1.82, 2.24) is 10.3 Å². The van der Waals surface area contributed by atoms with Crippen LogP contribution in [0, 0.1) is 0 Å². The molecule has 0 saturated heterocycles. The fraction of sp³-hybridized carbons (Fsp3) is 0.429. The number of aromatic amines is 1. The van der Waals surface area contributed by atoms with Gasteiger partial charge in [0.25, 0.3) is 0 Å². The summed E-state index contributed by atoms with van der Waals surface area (Å²) in [6.07, 6.45) is 1.93. The lowest BCUT2D eigenvalue weighted by atomic mass is 10.2. The Morgan fingerprint density at radius 3 is 2.89 bits per heavy atom. The van der Waals surface area contributed by atoms with Crippen molar-refractivity contribution in [2.45, 2.75) is 13.0 Å². The Kier molecular flexibility index (Phi) is 1.90. The van der Waals surface area contributed by atoms with Gasteiger partial charge in [0, 0.05) is 17.9 Å². The quantitative estimate of drug-likeness (QED) is 0.611. The molecular weight excluding hydrogens is 112 g/mol. The third-order valence-electron chi connectivity index (χ3n) is 1.52. The lowest BCUT2D eigenvalue weighted by Gasteiger charge is -2.05. The highest BCUT2D eigenvalue weighted by Gasteiger charge is 1.99. The molecule has 0 spiro atoms. The highest BCUT2D eigenvalue weighted by atomic mass is 14.9. The topological polar surface area (TPSA) is 27.8 Å². The molecule has 1 unspecified atom stereocenters. The lowest BCUT2D eigenvalue weighted by molar-refractivity contribution is 0.637. The van der Waals surface area contributed by atoms with Crippen molar-refractivity contribution in [3.05, 3.63) is 24.0 Å². The highest BCUT2D eigenvalue weighted by Crippen LogP contribution is 2.06. The molecule has 0 fully saturated rings. The van der Waals surface area contributed by atoms with Gasteiger partial charge >= 0.3 is 0 Å². The maximum absolute atomic E-state index is 3.14. The first-order chi connectivity index (χ1) is 4.34. The van der Waals surface area contributed by atoms with Crippen molar-refractivity contribution in [1.29, 1.82) is 0 Å². The number of hydrogen-bond donors (Lipinski definition) is 2. The second kappa shape index (κ2) is 2.69. The van der Waals surface area contributed by atoms with E-state index in [1.165, 1.54) is 5.69 Å². The molecule has 1 aromatic rings. The summed E-state index contributed by atoms with van der Waals surface area (Å²) in [5.74, 6) is 0. The van der Waals surface area contributed by atoms with Crippen LogP contribution in [0.15, 0.2) is 18.3 Å². The van der Waals surface area contributed by atoms with Gasteiger partial charge in [0.2, 0.25) is 0 Å². The van der Waals surface area contributed by atoms with E-state index in [1.807, 2.05) is 19.3 Å². The molecule has 1 rings (SSSR count). The number of nitrogens with one attached hydrogen (secondary N) is 2. The Morgan fingerprint density at radius 1 is 1.67 bits per heavy atom. The summed E-state index contributed by atoms with van der Waals surface area (Å²) in [7, 11) is 1.95. The van der Waals surface area contributed by atoms with Gasteiger partial charge in [-0.2, -0.15) is 0 Å². The molecule has 0 aromatic carbocycles. The summed E-state index contributed by atoms with van der Waals surface area (Å²) >= 11 is 0. The van der Waals surface area contributed by atoms with Crippen molar-refractivity contribution in [2.24, 2.45) is 0 Å². The van der Waals surface area contributed by atoms with Gasteiger partial charge in [0.1, 0.15) is 0 Å². The van der Waals surface area contributed by atoms with Crippen LogP contribution in [0.3, 0.4) is 0 Å². The monoisotopic (exact) mass is 124 g/mol. The summed E-state index contributed by atoms with van der Waals surface area (Å²) in [5.41, 5.74) is 1.23. The Labute approximate surface area is 55.3 Å². The van der Waals surface area contributed by atoms with E-state index in [9.17, 15) is 0 Å². The van der Waals surface area contributed by atoms with Crippen LogP contribution < -0.4 is 5.32 Å². The SMILES string of the molecule is CNC(C)c1ccc[nH]1. The van der Waals surface area contributed by atoms with E-state index in [4.69, 9.17) is 0 Å². The molecule has 1 atom stereocenters. The smallest absolute Gasteiger partial charge is 0.0441 e. The van der Waals surface area contributed by atoms with E-state index >= 15 is 0 Å². The third kappa shape index (κ3) is 1.33. The molecule has 2 N–H and O–H groups in total. The normalized spacial score (nSPS) is 13.6. The zero-order valence-corrected chi connectivity index (χ0v) is 5.81.